The van der Waals surface area contributed by atoms with E-state index in [2.05, 4.69) is 16.2 Å². The lowest BCUT2D eigenvalue weighted by molar-refractivity contribution is 0.889. The second kappa shape index (κ2) is 4.46. The third kappa shape index (κ3) is 1.84. The first-order valence-corrected chi connectivity index (χ1v) is 6.44. The number of hydrogen-bond donors (Lipinski definition) is 0. The Morgan fingerprint density at radius 2 is 1.80 bits per heavy atom. The third-order valence-corrected chi connectivity index (χ3v) is 3.33. The minimum absolute atomic E-state index is 0.528. The molecule has 0 bridgehead atoms. The molecule has 1 aromatic carbocycles. The third-order valence-electron chi connectivity index (χ3n) is 3.33. The maximum atomic E-state index is 9.46. The molecule has 0 saturated carbocycles. The first kappa shape index (κ1) is 12.4. The summed E-state index contributed by atoms with van der Waals surface area (Å²) in [6, 6.07) is 12.2. The van der Waals surface area contributed by atoms with Crippen molar-refractivity contribution in [2.24, 2.45) is 0 Å². The van der Waals surface area contributed by atoms with Crippen molar-refractivity contribution in [2.45, 2.75) is 20.8 Å². The summed E-state index contributed by atoms with van der Waals surface area (Å²) in [4.78, 5) is 4.45. The average molecular weight is 262 g/mol. The summed E-state index contributed by atoms with van der Waals surface area (Å²) in [7, 11) is 0. The standard InChI is InChI=1S/C16H14N4/c1-10-4-6-13(7-5-10)15-14(9-17)16-18-11(2)8-12(3)20(16)19-15/h4-8H,1-3H3. The number of nitrogens with zero attached hydrogens (tertiary/aromatic N) is 4. The van der Waals surface area contributed by atoms with Crippen LogP contribution in [-0.4, -0.2) is 14.6 Å². The highest BCUT2D eigenvalue weighted by atomic mass is 15.3. The van der Waals surface area contributed by atoms with E-state index >= 15 is 0 Å². The Morgan fingerprint density at radius 3 is 2.45 bits per heavy atom. The lowest BCUT2D eigenvalue weighted by Gasteiger charge is -1.99. The van der Waals surface area contributed by atoms with Gasteiger partial charge in [0, 0.05) is 17.0 Å². The van der Waals surface area contributed by atoms with Crippen molar-refractivity contribution in [2.75, 3.05) is 0 Å². The van der Waals surface area contributed by atoms with E-state index in [0.29, 0.717) is 16.9 Å². The number of aromatic nitrogens is 3. The second-order valence-electron chi connectivity index (χ2n) is 4.98. The van der Waals surface area contributed by atoms with Crippen LogP contribution < -0.4 is 0 Å². The molecule has 98 valence electrons. The fourth-order valence-corrected chi connectivity index (χ4v) is 2.34. The second-order valence-corrected chi connectivity index (χ2v) is 4.98. The molecule has 3 rings (SSSR count). The van der Waals surface area contributed by atoms with Crippen LogP contribution in [0.4, 0.5) is 0 Å². The number of nitriles is 1. The van der Waals surface area contributed by atoms with Gasteiger partial charge >= 0.3 is 0 Å². The number of rotatable bonds is 1. The Morgan fingerprint density at radius 1 is 1.10 bits per heavy atom. The van der Waals surface area contributed by atoms with Gasteiger partial charge in [-0.05, 0) is 26.8 Å². The van der Waals surface area contributed by atoms with E-state index in [9.17, 15) is 5.26 Å². The minimum Gasteiger partial charge on any atom is -0.233 e. The maximum Gasteiger partial charge on any atom is 0.174 e. The number of benzene rings is 1. The van der Waals surface area contributed by atoms with E-state index in [0.717, 1.165) is 17.0 Å². The van der Waals surface area contributed by atoms with E-state index in [1.807, 2.05) is 51.1 Å². The highest BCUT2D eigenvalue weighted by Crippen LogP contribution is 2.25. The zero-order valence-electron chi connectivity index (χ0n) is 11.7. The molecule has 0 saturated heterocycles. The van der Waals surface area contributed by atoms with Gasteiger partial charge in [-0.3, -0.25) is 0 Å². The van der Waals surface area contributed by atoms with Crippen LogP contribution in [0.2, 0.25) is 0 Å². The molecule has 3 aromatic rings. The lowest BCUT2D eigenvalue weighted by Crippen LogP contribution is -1.97. The molecule has 0 amide bonds. The first-order valence-electron chi connectivity index (χ1n) is 6.44. The fraction of sp³-hybridized carbons (Fsp3) is 0.188. The molecule has 2 heterocycles. The Labute approximate surface area is 117 Å². The van der Waals surface area contributed by atoms with Gasteiger partial charge in [-0.25, -0.2) is 9.50 Å². The lowest BCUT2D eigenvalue weighted by atomic mass is 10.1. The molecule has 0 aliphatic carbocycles. The molecule has 20 heavy (non-hydrogen) atoms. The van der Waals surface area contributed by atoms with Crippen molar-refractivity contribution in [1.29, 1.82) is 5.26 Å². The van der Waals surface area contributed by atoms with Crippen molar-refractivity contribution in [3.05, 3.63) is 52.8 Å². The Hall–Kier alpha value is -2.67. The molecule has 0 radical (unpaired) electrons. The average Bonchev–Trinajstić information content (AvgIpc) is 2.78. The molecular formula is C16H14N4. The monoisotopic (exact) mass is 262 g/mol. The van der Waals surface area contributed by atoms with Crippen molar-refractivity contribution in [3.8, 4) is 17.3 Å². The van der Waals surface area contributed by atoms with Gasteiger partial charge in [0.2, 0.25) is 0 Å². The van der Waals surface area contributed by atoms with Gasteiger partial charge in [-0.2, -0.15) is 10.4 Å². The van der Waals surface area contributed by atoms with Crippen LogP contribution >= 0.6 is 0 Å². The first-order chi connectivity index (χ1) is 9.60. The summed E-state index contributed by atoms with van der Waals surface area (Å²) in [5.41, 5.74) is 5.83. The predicted octanol–water partition coefficient (Wildman–Crippen LogP) is 3.19. The molecule has 4 heteroatoms. The van der Waals surface area contributed by atoms with Crippen molar-refractivity contribution in [3.63, 3.8) is 0 Å². The van der Waals surface area contributed by atoms with Gasteiger partial charge in [0.15, 0.2) is 5.65 Å². The molecular weight excluding hydrogens is 248 g/mol. The van der Waals surface area contributed by atoms with Crippen molar-refractivity contribution < 1.29 is 0 Å². The van der Waals surface area contributed by atoms with Crippen LogP contribution in [0.3, 0.4) is 0 Å². The summed E-state index contributed by atoms with van der Waals surface area (Å²) in [5, 5.41) is 14.0. The van der Waals surface area contributed by atoms with E-state index < -0.39 is 0 Å². The van der Waals surface area contributed by atoms with Crippen LogP contribution in [0.1, 0.15) is 22.5 Å². The molecule has 0 aliphatic rings. The van der Waals surface area contributed by atoms with E-state index in [4.69, 9.17) is 0 Å². The fourth-order valence-electron chi connectivity index (χ4n) is 2.34. The van der Waals surface area contributed by atoms with E-state index in [1.165, 1.54) is 5.56 Å². The summed E-state index contributed by atoms with van der Waals surface area (Å²) in [5.74, 6) is 0. The van der Waals surface area contributed by atoms with Gasteiger partial charge in [-0.15, -0.1) is 0 Å². The topological polar surface area (TPSA) is 54.0 Å². The summed E-state index contributed by atoms with van der Waals surface area (Å²) >= 11 is 0. The zero-order valence-corrected chi connectivity index (χ0v) is 11.7. The van der Waals surface area contributed by atoms with Crippen LogP contribution in [0, 0.1) is 32.1 Å². The molecule has 4 nitrogen and oxygen atoms in total. The van der Waals surface area contributed by atoms with E-state index in [1.54, 1.807) is 4.52 Å². The molecule has 0 fully saturated rings. The van der Waals surface area contributed by atoms with Gasteiger partial charge in [0.1, 0.15) is 17.3 Å². The Bertz CT molecular complexity index is 836. The molecule has 0 N–H and O–H groups in total. The van der Waals surface area contributed by atoms with Crippen LogP contribution in [-0.2, 0) is 0 Å². The summed E-state index contributed by atoms with van der Waals surface area (Å²) < 4.78 is 1.74. The normalized spacial score (nSPS) is 10.7. The molecule has 0 atom stereocenters. The number of aryl methyl sites for hydroxylation is 3. The highest BCUT2D eigenvalue weighted by molar-refractivity contribution is 5.75. The van der Waals surface area contributed by atoms with Gasteiger partial charge in [0.05, 0.1) is 0 Å². The van der Waals surface area contributed by atoms with Crippen LogP contribution in [0.5, 0.6) is 0 Å². The van der Waals surface area contributed by atoms with Crippen molar-refractivity contribution in [1.82, 2.24) is 14.6 Å². The summed E-state index contributed by atoms with van der Waals surface area (Å²) in [6.07, 6.45) is 0. The summed E-state index contributed by atoms with van der Waals surface area (Å²) in [6.45, 7) is 5.93. The maximum absolute atomic E-state index is 9.46. The molecule has 0 spiro atoms. The van der Waals surface area contributed by atoms with E-state index in [-0.39, 0.29) is 0 Å². The Kier molecular flexibility index (Phi) is 2.76. The number of hydrogen-bond acceptors (Lipinski definition) is 3. The quantitative estimate of drug-likeness (QED) is 0.676. The largest absolute Gasteiger partial charge is 0.233 e. The zero-order chi connectivity index (χ0) is 14.3. The number of fused-ring (bicyclic) bond motifs is 1. The molecule has 0 aliphatic heterocycles. The van der Waals surface area contributed by atoms with Gasteiger partial charge < -0.3 is 0 Å². The smallest absolute Gasteiger partial charge is 0.174 e. The highest BCUT2D eigenvalue weighted by Gasteiger charge is 2.16. The Balaban J connectivity index is 2.34. The predicted molar refractivity (Wildman–Crippen MR) is 77.3 cm³/mol. The van der Waals surface area contributed by atoms with Crippen LogP contribution in [0.25, 0.3) is 16.9 Å². The minimum atomic E-state index is 0.528. The SMILES string of the molecule is Cc1ccc(-c2nn3c(C)cc(C)nc3c2C#N)cc1. The van der Waals surface area contributed by atoms with Gasteiger partial charge in [0.25, 0.3) is 0 Å². The van der Waals surface area contributed by atoms with Crippen LogP contribution in [0.15, 0.2) is 30.3 Å². The van der Waals surface area contributed by atoms with Crippen molar-refractivity contribution >= 4 is 5.65 Å². The molecule has 2 aromatic heterocycles. The molecule has 0 unspecified atom stereocenters. The van der Waals surface area contributed by atoms with Gasteiger partial charge in [-0.1, -0.05) is 29.8 Å².